The molecule has 122 valence electrons. The Labute approximate surface area is 133 Å². The van der Waals surface area contributed by atoms with Crippen LogP contribution >= 0.6 is 0 Å². The van der Waals surface area contributed by atoms with E-state index in [0.29, 0.717) is 19.6 Å². The summed E-state index contributed by atoms with van der Waals surface area (Å²) in [7, 11) is 0. The molecule has 0 saturated carbocycles. The zero-order chi connectivity index (χ0) is 16.5. The summed E-state index contributed by atoms with van der Waals surface area (Å²) in [6, 6.07) is 6.03. The highest BCUT2D eigenvalue weighted by Gasteiger charge is 2.17. The van der Waals surface area contributed by atoms with Gasteiger partial charge < -0.3 is 15.5 Å². The second-order valence-corrected chi connectivity index (χ2v) is 5.42. The van der Waals surface area contributed by atoms with Crippen molar-refractivity contribution in [3.63, 3.8) is 0 Å². The first kappa shape index (κ1) is 18.2. The topological polar surface area (TPSA) is 62.6 Å². The molecule has 5 nitrogen and oxygen atoms in total. The van der Waals surface area contributed by atoms with Crippen molar-refractivity contribution in [2.24, 2.45) is 0 Å². The number of likely N-dealkylation sites (N-methyl/N-ethyl adjacent to an activating group) is 2. The molecule has 0 aliphatic rings. The van der Waals surface area contributed by atoms with E-state index in [4.69, 9.17) is 0 Å². The summed E-state index contributed by atoms with van der Waals surface area (Å²) in [6.07, 6.45) is 0.876. The molecule has 0 aliphatic carbocycles. The fourth-order valence-electron chi connectivity index (χ4n) is 2.41. The van der Waals surface area contributed by atoms with E-state index >= 15 is 0 Å². The Morgan fingerprint density at radius 1 is 1.09 bits per heavy atom. The fourth-order valence-corrected chi connectivity index (χ4v) is 2.41. The van der Waals surface area contributed by atoms with Gasteiger partial charge in [-0.3, -0.25) is 9.59 Å². The summed E-state index contributed by atoms with van der Waals surface area (Å²) in [5.74, 6) is -0.0672. The van der Waals surface area contributed by atoms with Gasteiger partial charge in [-0.2, -0.15) is 0 Å². The monoisotopic (exact) mass is 306 g/mol. The molecule has 1 atom stereocenters. The van der Waals surface area contributed by atoms with Gasteiger partial charge in [0, 0.05) is 12.2 Å². The Kier molecular flexibility index (Phi) is 7.60. The van der Waals surface area contributed by atoms with Crippen LogP contribution in [0.25, 0.3) is 0 Å². The quantitative estimate of drug-likeness (QED) is 0.656. The molecule has 0 spiro atoms. The summed E-state index contributed by atoms with van der Waals surface area (Å²) in [6.45, 7) is 9.91. The number of rotatable bonds is 8. The van der Waals surface area contributed by atoms with Crippen molar-refractivity contribution in [1.82, 2.24) is 5.32 Å². The molecule has 1 rings (SSSR count). The van der Waals surface area contributed by atoms with Gasteiger partial charge >= 0.3 is 0 Å². The third kappa shape index (κ3) is 5.48. The Bertz CT molecular complexity index is 515. The standard InChI is InChI=1S/C17H27N3O2/c1-5-14-10-8-9-13(4)17(14)19-16(22)12-20(7-3)11-15(21)18-6-2/h8-10H,5-7,11-12H2,1-4H3,(H,18,21)(H,19,22)/p+1. The smallest absolute Gasteiger partial charge is 0.279 e. The van der Waals surface area contributed by atoms with Gasteiger partial charge in [-0.1, -0.05) is 25.1 Å². The van der Waals surface area contributed by atoms with Crippen LogP contribution in [0.5, 0.6) is 0 Å². The second-order valence-electron chi connectivity index (χ2n) is 5.42. The molecule has 1 aromatic carbocycles. The number of hydrogen-bond donors (Lipinski definition) is 3. The minimum atomic E-state index is -0.0508. The zero-order valence-electron chi connectivity index (χ0n) is 14.1. The van der Waals surface area contributed by atoms with E-state index in [-0.39, 0.29) is 11.8 Å². The molecule has 1 aromatic rings. The van der Waals surface area contributed by atoms with Crippen molar-refractivity contribution < 1.29 is 14.5 Å². The molecule has 2 amide bonds. The molecule has 1 unspecified atom stereocenters. The van der Waals surface area contributed by atoms with Crippen molar-refractivity contribution in [2.75, 3.05) is 31.5 Å². The molecule has 0 heterocycles. The maximum absolute atomic E-state index is 12.3. The molecule has 0 saturated heterocycles. The highest BCUT2D eigenvalue weighted by atomic mass is 16.2. The van der Waals surface area contributed by atoms with Gasteiger partial charge in [-0.25, -0.2) is 0 Å². The lowest BCUT2D eigenvalue weighted by Crippen LogP contribution is -3.14. The average Bonchev–Trinajstić information content (AvgIpc) is 2.48. The molecule has 3 N–H and O–H groups in total. The van der Waals surface area contributed by atoms with E-state index in [2.05, 4.69) is 17.6 Å². The molecule has 5 heteroatoms. The number of quaternary nitrogens is 1. The van der Waals surface area contributed by atoms with Crippen LogP contribution in [0.3, 0.4) is 0 Å². The minimum absolute atomic E-state index is 0.0164. The zero-order valence-corrected chi connectivity index (χ0v) is 14.1. The molecule has 0 radical (unpaired) electrons. The van der Waals surface area contributed by atoms with Crippen LogP contribution in [0.2, 0.25) is 0 Å². The predicted molar refractivity (Wildman–Crippen MR) is 89.1 cm³/mol. The Morgan fingerprint density at radius 2 is 1.77 bits per heavy atom. The van der Waals surface area contributed by atoms with Crippen LogP contribution in [0.15, 0.2) is 18.2 Å². The number of anilines is 1. The number of hydrogen-bond acceptors (Lipinski definition) is 2. The number of nitrogens with one attached hydrogen (secondary N) is 3. The van der Waals surface area contributed by atoms with E-state index in [9.17, 15) is 9.59 Å². The Hall–Kier alpha value is -1.88. The number of aryl methyl sites for hydroxylation is 2. The molecule has 22 heavy (non-hydrogen) atoms. The average molecular weight is 306 g/mol. The SMILES string of the molecule is CCNC(=O)C[NH+](CC)CC(=O)Nc1c(C)cccc1CC. The maximum atomic E-state index is 12.3. The number of carbonyl (C=O) groups excluding carboxylic acids is 2. The minimum Gasteiger partial charge on any atom is -0.351 e. The lowest BCUT2D eigenvalue weighted by Gasteiger charge is -2.18. The van der Waals surface area contributed by atoms with E-state index in [1.807, 2.05) is 39.0 Å². The number of benzene rings is 1. The summed E-state index contributed by atoms with van der Waals surface area (Å²) < 4.78 is 0. The largest absolute Gasteiger partial charge is 0.351 e. The van der Waals surface area contributed by atoms with Crippen molar-refractivity contribution in [3.05, 3.63) is 29.3 Å². The summed E-state index contributed by atoms with van der Waals surface area (Å²) in [5.41, 5.74) is 3.10. The third-order valence-electron chi connectivity index (χ3n) is 3.70. The van der Waals surface area contributed by atoms with Gasteiger partial charge in [0.05, 0.1) is 6.54 Å². The molecular formula is C17H28N3O2+. The number of amides is 2. The molecule has 0 bridgehead atoms. The lowest BCUT2D eigenvalue weighted by molar-refractivity contribution is -0.881. The maximum Gasteiger partial charge on any atom is 0.279 e. The first-order valence-corrected chi connectivity index (χ1v) is 8.00. The van der Waals surface area contributed by atoms with Crippen molar-refractivity contribution in [3.8, 4) is 0 Å². The molecule has 0 aliphatic heterocycles. The Morgan fingerprint density at radius 3 is 2.36 bits per heavy atom. The molecule has 0 fully saturated rings. The molecule has 0 aromatic heterocycles. The predicted octanol–water partition coefficient (Wildman–Crippen LogP) is 0.537. The van der Waals surface area contributed by atoms with Gasteiger partial charge in [-0.05, 0) is 38.3 Å². The van der Waals surface area contributed by atoms with Crippen molar-refractivity contribution in [1.29, 1.82) is 0 Å². The highest BCUT2D eigenvalue weighted by Crippen LogP contribution is 2.20. The third-order valence-corrected chi connectivity index (χ3v) is 3.70. The van der Waals surface area contributed by atoms with Gasteiger partial charge in [0.15, 0.2) is 13.1 Å². The van der Waals surface area contributed by atoms with Crippen LogP contribution in [-0.2, 0) is 16.0 Å². The first-order valence-electron chi connectivity index (χ1n) is 8.00. The molecular weight excluding hydrogens is 278 g/mol. The Balaban J connectivity index is 2.67. The van der Waals surface area contributed by atoms with Gasteiger partial charge in [0.1, 0.15) is 0 Å². The first-order chi connectivity index (χ1) is 10.5. The normalized spacial score (nSPS) is 11.8. The summed E-state index contributed by atoms with van der Waals surface area (Å²) in [5, 5.41) is 5.78. The van der Waals surface area contributed by atoms with E-state index in [0.717, 1.165) is 34.7 Å². The van der Waals surface area contributed by atoms with Gasteiger partial charge in [-0.15, -0.1) is 0 Å². The van der Waals surface area contributed by atoms with E-state index < -0.39 is 0 Å². The number of para-hydroxylation sites is 1. The number of carbonyl (C=O) groups is 2. The van der Waals surface area contributed by atoms with E-state index in [1.165, 1.54) is 0 Å². The van der Waals surface area contributed by atoms with Crippen LogP contribution < -0.4 is 15.5 Å². The van der Waals surface area contributed by atoms with Crippen LogP contribution in [0, 0.1) is 6.92 Å². The van der Waals surface area contributed by atoms with Crippen LogP contribution in [0.4, 0.5) is 5.69 Å². The van der Waals surface area contributed by atoms with E-state index in [1.54, 1.807) is 0 Å². The second kappa shape index (κ2) is 9.20. The summed E-state index contributed by atoms with van der Waals surface area (Å²) in [4.78, 5) is 24.9. The van der Waals surface area contributed by atoms with Gasteiger partial charge in [0.25, 0.3) is 11.8 Å². The van der Waals surface area contributed by atoms with Crippen molar-refractivity contribution in [2.45, 2.75) is 34.1 Å². The lowest BCUT2D eigenvalue weighted by atomic mass is 10.1. The van der Waals surface area contributed by atoms with Crippen LogP contribution in [0.1, 0.15) is 31.9 Å². The highest BCUT2D eigenvalue weighted by molar-refractivity contribution is 5.93. The van der Waals surface area contributed by atoms with Gasteiger partial charge in [0.2, 0.25) is 0 Å². The fraction of sp³-hybridized carbons (Fsp3) is 0.529. The van der Waals surface area contributed by atoms with Crippen molar-refractivity contribution >= 4 is 17.5 Å². The van der Waals surface area contributed by atoms with Crippen LogP contribution in [-0.4, -0.2) is 38.0 Å². The summed E-state index contributed by atoms with van der Waals surface area (Å²) >= 11 is 0.